The van der Waals surface area contributed by atoms with Gasteiger partial charge in [0.25, 0.3) is 6.02 Å². The molecule has 1 fully saturated rings. The Morgan fingerprint density at radius 2 is 1.94 bits per heavy atom. The molecule has 2 atom stereocenters. The molecule has 0 aromatic heterocycles. The van der Waals surface area contributed by atoms with Gasteiger partial charge < -0.3 is 20.7 Å². The van der Waals surface area contributed by atoms with Gasteiger partial charge in [-0.15, -0.1) is 0 Å². The number of nitrogens with one attached hydrogen (secondary N) is 3. The molecular weight excluding hydrogens is 461 g/mol. The van der Waals surface area contributed by atoms with E-state index in [0.29, 0.717) is 17.9 Å². The van der Waals surface area contributed by atoms with Crippen molar-refractivity contribution in [3.63, 3.8) is 0 Å². The van der Waals surface area contributed by atoms with E-state index < -0.39 is 35.5 Å². The number of hydrogen-bond acceptors (Lipinski definition) is 8. The maximum absolute atomic E-state index is 15.2. The average molecular weight is 500 g/mol. The predicted molar refractivity (Wildman–Crippen MR) is 128 cm³/mol. The summed E-state index contributed by atoms with van der Waals surface area (Å²) in [6.07, 6.45) is 5.04. The van der Waals surface area contributed by atoms with Crippen LogP contribution >= 0.6 is 0 Å². The summed E-state index contributed by atoms with van der Waals surface area (Å²) in [5.74, 6) is -2.86. The molecule has 35 heavy (non-hydrogen) atoms. The number of halogens is 1. The van der Waals surface area contributed by atoms with E-state index in [2.05, 4.69) is 27.7 Å². The second kappa shape index (κ2) is 14.8. The minimum atomic E-state index is -1.01. The lowest BCUT2D eigenvalue weighted by atomic mass is 9.92. The quantitative estimate of drug-likeness (QED) is 0.0583. The van der Waals surface area contributed by atoms with Gasteiger partial charge in [-0.05, 0) is 18.8 Å². The highest BCUT2D eigenvalue weighted by atomic mass is 19.1. The molecule has 1 aliphatic rings. The van der Waals surface area contributed by atoms with Gasteiger partial charge in [0.05, 0.1) is 25.3 Å². The molecule has 0 spiro atoms. The predicted octanol–water partition coefficient (Wildman–Crippen LogP) is 0.721. The second-order valence-electron chi connectivity index (χ2n) is 8.56. The van der Waals surface area contributed by atoms with Gasteiger partial charge in [-0.1, -0.05) is 39.2 Å². The van der Waals surface area contributed by atoms with Crippen molar-refractivity contribution in [1.82, 2.24) is 26.1 Å². The minimum Gasteiger partial charge on any atom is -0.468 e. The molecule has 0 aliphatic heterocycles. The first kappa shape index (κ1) is 29.7. The number of amidine groups is 1. The molecule has 0 saturated heterocycles. The second-order valence-corrected chi connectivity index (χ2v) is 8.56. The number of nitrogens with two attached hydrogens (primary N) is 1. The van der Waals surface area contributed by atoms with Crippen molar-refractivity contribution in [3.05, 3.63) is 23.9 Å². The standard InChI is InChI=1S/C22H38FN7O5/c1-6-17(21(33)29(3)4)25-14(2)18(23)19(26-22(24)35-5)27-28-20(32)16(12-30(34)13-31)11-15-9-7-8-10-15/h13,15-17,25,27,34H,2,6-12H2,1,3-5H3,(H2,24,26)(H,28,32)/b19-18-/t16-,17+/m1/s1. The zero-order chi connectivity index (χ0) is 26.5. The lowest BCUT2D eigenvalue weighted by Gasteiger charge is -2.23. The molecule has 1 rings (SSSR count). The van der Waals surface area contributed by atoms with Gasteiger partial charge in [-0.3, -0.25) is 30.4 Å². The number of rotatable bonds is 14. The van der Waals surface area contributed by atoms with E-state index in [1.165, 1.54) is 12.0 Å². The van der Waals surface area contributed by atoms with E-state index in [4.69, 9.17) is 10.5 Å². The molecule has 3 amide bonds. The van der Waals surface area contributed by atoms with E-state index in [0.717, 1.165) is 25.7 Å². The van der Waals surface area contributed by atoms with E-state index in [1.807, 2.05) is 0 Å². The lowest BCUT2D eigenvalue weighted by Crippen LogP contribution is -2.45. The number of allylic oxidation sites excluding steroid dienone is 1. The molecule has 0 radical (unpaired) electrons. The third-order valence-corrected chi connectivity index (χ3v) is 5.70. The molecule has 0 heterocycles. The van der Waals surface area contributed by atoms with Crippen LogP contribution in [0.4, 0.5) is 4.39 Å². The smallest absolute Gasteiger partial charge is 0.288 e. The Morgan fingerprint density at radius 1 is 1.31 bits per heavy atom. The van der Waals surface area contributed by atoms with Crippen molar-refractivity contribution < 1.29 is 28.7 Å². The van der Waals surface area contributed by atoms with Gasteiger partial charge in [-0.25, -0.2) is 9.45 Å². The molecule has 198 valence electrons. The largest absolute Gasteiger partial charge is 0.468 e. The van der Waals surface area contributed by atoms with Gasteiger partial charge in [0.1, 0.15) is 6.04 Å². The third kappa shape index (κ3) is 9.81. The van der Waals surface area contributed by atoms with Crippen LogP contribution in [0.15, 0.2) is 28.9 Å². The van der Waals surface area contributed by atoms with Crippen LogP contribution in [0.5, 0.6) is 0 Å². The number of hydrogen-bond donors (Lipinski definition) is 5. The molecule has 0 bridgehead atoms. The summed E-state index contributed by atoms with van der Waals surface area (Å²) >= 11 is 0. The Kier molecular flexibility index (Phi) is 12.6. The Morgan fingerprint density at radius 3 is 2.46 bits per heavy atom. The number of methoxy groups -OCH3 is 1. The van der Waals surface area contributed by atoms with Crippen LogP contribution in [-0.2, 0) is 19.1 Å². The Labute approximate surface area is 205 Å². The fraction of sp³-hybridized carbons (Fsp3) is 0.636. The lowest BCUT2D eigenvalue weighted by molar-refractivity contribution is -0.155. The summed E-state index contributed by atoms with van der Waals surface area (Å²) in [4.78, 5) is 41.1. The number of amides is 3. The number of nitrogens with zero attached hydrogens (tertiary/aromatic N) is 3. The highest BCUT2D eigenvalue weighted by molar-refractivity contribution is 5.81. The van der Waals surface area contributed by atoms with Crippen LogP contribution in [0.1, 0.15) is 45.4 Å². The Bertz CT molecular complexity index is 812. The van der Waals surface area contributed by atoms with Gasteiger partial charge in [-0.2, -0.15) is 4.99 Å². The average Bonchev–Trinajstić information content (AvgIpc) is 3.35. The van der Waals surface area contributed by atoms with Crippen molar-refractivity contribution >= 4 is 24.2 Å². The van der Waals surface area contributed by atoms with Crippen LogP contribution in [0, 0.1) is 11.8 Å². The summed E-state index contributed by atoms with van der Waals surface area (Å²) in [5.41, 5.74) is 10.0. The van der Waals surface area contributed by atoms with E-state index in [1.54, 1.807) is 21.0 Å². The molecular formula is C22H38FN7O5. The van der Waals surface area contributed by atoms with Crippen molar-refractivity contribution in [2.45, 2.75) is 51.5 Å². The number of ether oxygens (including phenoxy) is 1. The van der Waals surface area contributed by atoms with Crippen LogP contribution in [-0.4, -0.2) is 73.2 Å². The highest BCUT2D eigenvalue weighted by Crippen LogP contribution is 2.30. The van der Waals surface area contributed by atoms with Gasteiger partial charge >= 0.3 is 0 Å². The van der Waals surface area contributed by atoms with Crippen molar-refractivity contribution in [2.75, 3.05) is 27.7 Å². The first-order valence-corrected chi connectivity index (χ1v) is 11.4. The first-order chi connectivity index (χ1) is 16.5. The molecule has 0 aromatic rings. The van der Waals surface area contributed by atoms with E-state index >= 15 is 4.39 Å². The van der Waals surface area contributed by atoms with Gasteiger partial charge in [0.2, 0.25) is 18.2 Å². The summed E-state index contributed by atoms with van der Waals surface area (Å²) in [7, 11) is 4.39. The number of aliphatic imine (C=N–C) groups is 1. The summed E-state index contributed by atoms with van der Waals surface area (Å²) in [5, 5.41) is 12.7. The van der Waals surface area contributed by atoms with Crippen LogP contribution in [0.2, 0.25) is 0 Å². The zero-order valence-electron chi connectivity index (χ0n) is 20.8. The van der Waals surface area contributed by atoms with Crippen LogP contribution < -0.4 is 21.9 Å². The Balaban J connectivity index is 3.05. The third-order valence-electron chi connectivity index (χ3n) is 5.70. The SMILES string of the molecule is C=C(N[C@@H](CC)C(=O)N(C)C)/C(F)=C(\N=C(N)OC)NNC(=O)[C@H](CC1CCCC1)CN(O)C=O. The first-order valence-electron chi connectivity index (χ1n) is 11.4. The fourth-order valence-electron chi connectivity index (χ4n) is 3.76. The summed E-state index contributed by atoms with van der Waals surface area (Å²) < 4.78 is 20.0. The molecule has 13 heteroatoms. The number of likely N-dealkylation sites (N-methyl/N-ethyl adjacent to an activating group) is 1. The topological polar surface area (TPSA) is 162 Å². The molecule has 12 nitrogen and oxygen atoms in total. The highest BCUT2D eigenvalue weighted by Gasteiger charge is 2.27. The molecule has 1 aliphatic carbocycles. The van der Waals surface area contributed by atoms with Gasteiger partial charge in [0, 0.05) is 14.1 Å². The van der Waals surface area contributed by atoms with Crippen LogP contribution in [0.3, 0.4) is 0 Å². The zero-order valence-corrected chi connectivity index (χ0v) is 20.8. The maximum Gasteiger partial charge on any atom is 0.288 e. The summed E-state index contributed by atoms with van der Waals surface area (Å²) in [6.45, 7) is 5.15. The monoisotopic (exact) mass is 499 g/mol. The molecule has 0 unspecified atom stereocenters. The normalized spacial score (nSPS) is 16.5. The van der Waals surface area contributed by atoms with Crippen molar-refractivity contribution in [2.24, 2.45) is 22.6 Å². The van der Waals surface area contributed by atoms with E-state index in [-0.39, 0.29) is 30.5 Å². The summed E-state index contributed by atoms with van der Waals surface area (Å²) in [6, 6.07) is -1.14. The number of carbonyl (C=O) groups excluding carboxylic acids is 3. The van der Waals surface area contributed by atoms with Crippen molar-refractivity contribution in [1.29, 1.82) is 0 Å². The van der Waals surface area contributed by atoms with Gasteiger partial charge in [0.15, 0.2) is 11.6 Å². The maximum atomic E-state index is 15.2. The minimum absolute atomic E-state index is 0.214. The number of carbonyl (C=O) groups is 3. The van der Waals surface area contributed by atoms with E-state index in [9.17, 15) is 19.6 Å². The number of hydrazine groups is 1. The molecule has 1 saturated carbocycles. The molecule has 6 N–H and O–H groups in total. The number of hydroxylamine groups is 2. The van der Waals surface area contributed by atoms with Crippen LogP contribution in [0.25, 0.3) is 0 Å². The fourth-order valence-corrected chi connectivity index (χ4v) is 3.76. The Hall–Kier alpha value is -3.35. The molecule has 0 aromatic carbocycles. The van der Waals surface area contributed by atoms with Crippen molar-refractivity contribution in [3.8, 4) is 0 Å².